The van der Waals surface area contributed by atoms with Crippen molar-refractivity contribution < 1.29 is 35.8 Å². The number of aryl methyl sites for hydroxylation is 1. The first-order valence-electron chi connectivity index (χ1n) is 12.2. The Labute approximate surface area is 228 Å². The van der Waals surface area contributed by atoms with Crippen molar-refractivity contribution in [2.45, 2.75) is 43.4 Å². The molecule has 0 aliphatic rings. The number of methoxy groups -OCH3 is 3. The number of ether oxygens (including phenoxy) is 3. The van der Waals surface area contributed by atoms with Crippen LogP contribution in [0.5, 0.6) is 17.2 Å². The van der Waals surface area contributed by atoms with Crippen molar-refractivity contribution in [3.8, 4) is 17.2 Å². The highest BCUT2D eigenvalue weighted by Gasteiger charge is 2.37. The van der Waals surface area contributed by atoms with Crippen molar-refractivity contribution in [1.29, 1.82) is 0 Å². The van der Waals surface area contributed by atoms with Crippen molar-refractivity contribution in [3.05, 3.63) is 47.3 Å². The number of hydrogen-bond acceptors (Lipinski definition) is 9. The molecule has 0 saturated heterocycles. The number of sulfone groups is 2. The summed E-state index contributed by atoms with van der Waals surface area (Å²) in [7, 11) is -3.82. The number of amides is 1. The number of fused-ring (bicyclic) bond motifs is 1. The molecule has 1 aromatic carbocycles. The van der Waals surface area contributed by atoms with E-state index in [1.165, 1.54) is 38.1 Å². The van der Waals surface area contributed by atoms with Crippen LogP contribution < -0.4 is 19.6 Å². The number of aromatic nitrogens is 1. The fraction of sp³-hybridized carbons (Fsp3) is 0.385. The smallest absolute Gasteiger partial charge is 0.289 e. The lowest BCUT2D eigenvalue weighted by molar-refractivity contribution is 0.0945. The molecule has 13 heteroatoms. The maximum atomic E-state index is 13.5. The van der Waals surface area contributed by atoms with E-state index in [0.29, 0.717) is 28.4 Å². The van der Waals surface area contributed by atoms with Gasteiger partial charge in [-0.3, -0.25) is 4.79 Å². The molecule has 0 radical (unpaired) electrons. The largest absolute Gasteiger partial charge is 0.493 e. The zero-order chi connectivity index (χ0) is 29.0. The molecule has 0 aliphatic carbocycles. The van der Waals surface area contributed by atoms with E-state index in [0.717, 1.165) is 0 Å². The SMILES string of the molecule is CCCS(=O)(=O)c1c(S(=O)(=O)CCC)c2c(C)cccn2c1C(=O)NN=Cc1cc(OC)c(OC)c(OC)c1. The minimum atomic E-state index is -4.16. The number of carbonyl (C=O) groups is 1. The first-order chi connectivity index (χ1) is 18.5. The van der Waals surface area contributed by atoms with E-state index < -0.39 is 30.5 Å². The molecule has 0 unspecified atom stereocenters. The maximum absolute atomic E-state index is 13.5. The van der Waals surface area contributed by atoms with Crippen LogP contribution >= 0.6 is 0 Å². The molecule has 1 amide bonds. The number of benzene rings is 1. The van der Waals surface area contributed by atoms with Gasteiger partial charge in [0, 0.05) is 11.8 Å². The average Bonchev–Trinajstić information content (AvgIpc) is 3.26. The van der Waals surface area contributed by atoms with E-state index in [1.807, 2.05) is 0 Å². The second-order valence-electron chi connectivity index (χ2n) is 8.71. The zero-order valence-electron chi connectivity index (χ0n) is 22.8. The van der Waals surface area contributed by atoms with Crippen molar-refractivity contribution in [3.63, 3.8) is 0 Å². The summed E-state index contributed by atoms with van der Waals surface area (Å²) >= 11 is 0. The van der Waals surface area contributed by atoms with Crippen LogP contribution in [0.4, 0.5) is 0 Å². The van der Waals surface area contributed by atoms with Crippen molar-refractivity contribution in [2.24, 2.45) is 5.10 Å². The third-order valence-electron chi connectivity index (χ3n) is 5.92. The number of pyridine rings is 1. The lowest BCUT2D eigenvalue weighted by Gasteiger charge is -2.12. The molecular formula is C26H33N3O8S2. The molecular weight excluding hydrogens is 546 g/mol. The molecule has 0 saturated carbocycles. The summed E-state index contributed by atoms with van der Waals surface area (Å²) in [5, 5.41) is 4.00. The van der Waals surface area contributed by atoms with Gasteiger partial charge >= 0.3 is 0 Å². The fourth-order valence-electron chi connectivity index (χ4n) is 4.34. The van der Waals surface area contributed by atoms with Gasteiger partial charge in [-0.05, 0) is 43.5 Å². The number of nitrogens with zero attached hydrogens (tertiary/aromatic N) is 2. The van der Waals surface area contributed by atoms with Crippen LogP contribution in [0, 0.1) is 6.92 Å². The predicted octanol–water partition coefficient (Wildman–Crippen LogP) is 3.40. The second kappa shape index (κ2) is 12.1. The first kappa shape index (κ1) is 30.0. The van der Waals surface area contributed by atoms with E-state index in [4.69, 9.17) is 14.2 Å². The van der Waals surface area contributed by atoms with Crippen molar-refractivity contribution in [2.75, 3.05) is 32.8 Å². The summed E-state index contributed by atoms with van der Waals surface area (Å²) in [5.74, 6) is -0.356. The monoisotopic (exact) mass is 579 g/mol. The standard InChI is InChI=1S/C26H33N3O8S2/c1-7-12-38(31,32)24-21-17(3)10-9-11-29(21)22(25(24)39(33,34)13-8-2)26(30)28-27-16-18-14-19(35-4)23(37-6)20(15-18)36-5/h9-11,14-16H,7-8,12-13H2,1-6H3,(H,28,30). The van der Waals surface area contributed by atoms with E-state index in [1.54, 1.807) is 45.0 Å². The lowest BCUT2D eigenvalue weighted by Crippen LogP contribution is -2.23. The van der Waals surface area contributed by atoms with Gasteiger partial charge in [-0.25, -0.2) is 22.3 Å². The van der Waals surface area contributed by atoms with Crippen LogP contribution in [0.3, 0.4) is 0 Å². The van der Waals surface area contributed by atoms with Crippen molar-refractivity contribution >= 4 is 37.3 Å². The molecule has 0 aliphatic heterocycles. The van der Waals surface area contributed by atoms with Crippen LogP contribution in [0.1, 0.15) is 48.3 Å². The number of carbonyl (C=O) groups excluding carboxylic acids is 1. The topological polar surface area (TPSA) is 142 Å². The highest BCUT2D eigenvalue weighted by Crippen LogP contribution is 2.38. The number of nitrogens with one attached hydrogen (secondary N) is 1. The Bertz CT molecular complexity index is 1600. The van der Waals surface area contributed by atoms with Gasteiger partial charge in [0.25, 0.3) is 5.91 Å². The minimum absolute atomic E-state index is 0.152. The summed E-state index contributed by atoms with van der Waals surface area (Å²) in [6, 6.07) is 6.50. The Morgan fingerprint density at radius 3 is 2.03 bits per heavy atom. The van der Waals surface area contributed by atoms with Gasteiger partial charge < -0.3 is 18.6 Å². The van der Waals surface area contributed by atoms with Gasteiger partial charge in [-0.1, -0.05) is 19.9 Å². The Morgan fingerprint density at radius 1 is 0.949 bits per heavy atom. The Kier molecular flexibility index (Phi) is 9.28. The molecule has 212 valence electrons. The van der Waals surface area contributed by atoms with E-state index in [9.17, 15) is 21.6 Å². The normalized spacial score (nSPS) is 12.2. The number of rotatable bonds is 12. The molecule has 1 N–H and O–H groups in total. The van der Waals surface area contributed by atoms with Gasteiger partial charge in [0.15, 0.2) is 31.2 Å². The summed E-state index contributed by atoms with van der Waals surface area (Å²) in [6.45, 7) is 5.02. The summed E-state index contributed by atoms with van der Waals surface area (Å²) in [5.41, 5.74) is 3.19. The summed E-state index contributed by atoms with van der Waals surface area (Å²) in [4.78, 5) is 12.6. The number of hydrogen-bond donors (Lipinski definition) is 1. The van der Waals surface area contributed by atoms with E-state index in [-0.39, 0.29) is 40.5 Å². The quantitative estimate of drug-likeness (QED) is 0.254. The highest BCUT2D eigenvalue weighted by molar-refractivity contribution is 7.94. The fourth-order valence-corrected chi connectivity index (χ4v) is 8.38. The van der Waals surface area contributed by atoms with Crippen LogP contribution in [0.25, 0.3) is 5.52 Å². The minimum Gasteiger partial charge on any atom is -0.493 e. The van der Waals surface area contributed by atoms with Crippen LogP contribution in [-0.4, -0.2) is 66.2 Å². The zero-order valence-corrected chi connectivity index (χ0v) is 24.4. The third kappa shape index (κ3) is 5.88. The summed E-state index contributed by atoms with van der Waals surface area (Å²) < 4.78 is 71.0. The molecule has 0 spiro atoms. The molecule has 0 fully saturated rings. The molecule has 2 aromatic heterocycles. The maximum Gasteiger partial charge on any atom is 0.289 e. The number of hydrazone groups is 1. The van der Waals surface area contributed by atoms with Gasteiger partial charge in [0.05, 0.1) is 44.6 Å². The third-order valence-corrected chi connectivity index (χ3v) is 9.98. The van der Waals surface area contributed by atoms with Gasteiger partial charge in [0.1, 0.15) is 15.5 Å². The van der Waals surface area contributed by atoms with Gasteiger partial charge in [0.2, 0.25) is 5.75 Å². The highest BCUT2D eigenvalue weighted by atomic mass is 32.2. The Balaban J connectivity index is 2.20. The van der Waals surface area contributed by atoms with Crippen LogP contribution in [-0.2, 0) is 19.7 Å². The van der Waals surface area contributed by atoms with Crippen LogP contribution in [0.2, 0.25) is 0 Å². The summed E-state index contributed by atoms with van der Waals surface area (Å²) in [6.07, 6.45) is 3.30. The second-order valence-corrected chi connectivity index (χ2v) is 12.8. The van der Waals surface area contributed by atoms with Crippen LogP contribution in [0.15, 0.2) is 45.4 Å². The molecule has 39 heavy (non-hydrogen) atoms. The Morgan fingerprint density at radius 2 is 1.51 bits per heavy atom. The molecule has 3 aromatic rings. The molecule has 11 nitrogen and oxygen atoms in total. The van der Waals surface area contributed by atoms with Crippen molar-refractivity contribution in [1.82, 2.24) is 9.83 Å². The lowest BCUT2D eigenvalue weighted by atomic mass is 10.2. The molecule has 0 atom stereocenters. The predicted molar refractivity (Wildman–Crippen MR) is 148 cm³/mol. The average molecular weight is 580 g/mol. The van der Waals surface area contributed by atoms with Gasteiger partial charge in [-0.15, -0.1) is 0 Å². The van der Waals surface area contributed by atoms with Gasteiger partial charge in [-0.2, -0.15) is 5.10 Å². The first-order valence-corrected chi connectivity index (χ1v) is 15.5. The Hall–Kier alpha value is -3.58. The molecule has 0 bridgehead atoms. The molecule has 3 rings (SSSR count). The molecule has 2 heterocycles. The van der Waals surface area contributed by atoms with E-state index in [2.05, 4.69) is 10.5 Å². The van der Waals surface area contributed by atoms with E-state index >= 15 is 0 Å².